The molecule has 0 fully saturated rings. The van der Waals surface area contributed by atoms with Crippen molar-refractivity contribution in [1.82, 2.24) is 9.88 Å². The van der Waals surface area contributed by atoms with Crippen LogP contribution >= 0.6 is 0 Å². The van der Waals surface area contributed by atoms with Gasteiger partial charge >= 0.3 is 0 Å². The molecule has 1 aromatic heterocycles. The summed E-state index contributed by atoms with van der Waals surface area (Å²) in [5, 5.41) is 13.7. The minimum atomic E-state index is -0.146. The molecule has 250 valence electrons. The molecule has 0 spiro atoms. The van der Waals surface area contributed by atoms with Crippen molar-refractivity contribution in [3.63, 3.8) is 0 Å². The Morgan fingerprint density at radius 2 is 1.02 bits per heavy atom. The van der Waals surface area contributed by atoms with Crippen molar-refractivity contribution >= 4 is 71.4 Å². The van der Waals surface area contributed by atoms with E-state index in [4.69, 9.17) is 4.99 Å². The van der Waals surface area contributed by atoms with Gasteiger partial charge in [-0.2, -0.15) is 0 Å². The van der Waals surface area contributed by atoms with Gasteiger partial charge in [-0.25, -0.2) is 4.99 Å². The minimum Gasteiger partial charge on any atom is -0.331 e. The van der Waals surface area contributed by atoms with Crippen LogP contribution in [0.1, 0.15) is 36.1 Å². The monoisotopic (exact) mass is 677 g/mol. The molecule has 0 atom stereocenters. The standard InChI is InChI=1S/C50H35N3/c1-50(2)44-24-14-13-23-38(44)41-27-43-42-26-39-36-21-11-9-19-34(36)35-20-10-12-22-37(35)40(39)28-47(42)53(48(43)29-45(41)50)49-51-30-33(31-15-5-3-6-16-31)25-46(52-49)32-17-7-4-8-18-32/h3-30H,1-2H3,(H,51,52). The molecule has 1 N–H and O–H groups in total. The summed E-state index contributed by atoms with van der Waals surface area (Å²) in [6, 6.07) is 57.4. The molecule has 1 aliphatic carbocycles. The highest BCUT2D eigenvalue weighted by molar-refractivity contribution is 6.29. The van der Waals surface area contributed by atoms with Crippen molar-refractivity contribution in [3.05, 3.63) is 192 Å². The predicted octanol–water partition coefficient (Wildman–Crippen LogP) is 12.4. The summed E-state index contributed by atoms with van der Waals surface area (Å²) in [5.41, 5.74) is 11.6. The topological polar surface area (TPSA) is 29.3 Å². The minimum absolute atomic E-state index is 0.146. The second-order valence-corrected chi connectivity index (χ2v) is 14.9. The Kier molecular flexibility index (Phi) is 6.30. The Bertz CT molecular complexity index is 3090. The normalized spacial score (nSPS) is 14.9. The van der Waals surface area contributed by atoms with E-state index in [9.17, 15) is 0 Å². The molecule has 2 heterocycles. The lowest BCUT2D eigenvalue weighted by molar-refractivity contribution is 0.661. The van der Waals surface area contributed by atoms with E-state index in [-0.39, 0.29) is 5.41 Å². The SMILES string of the molecule is CC1(C)c2ccccc2-c2cc3c4cc5c6ccccc6c6ccccc6c5cc4n(C4=NC(c5ccccc5)=CC(c5ccccc5)=CN4)c3cc21. The maximum atomic E-state index is 5.50. The van der Waals surface area contributed by atoms with Crippen molar-refractivity contribution in [3.8, 4) is 11.1 Å². The first-order valence-corrected chi connectivity index (χ1v) is 18.4. The van der Waals surface area contributed by atoms with Gasteiger partial charge in [0.2, 0.25) is 5.96 Å². The van der Waals surface area contributed by atoms with E-state index < -0.39 is 0 Å². The zero-order chi connectivity index (χ0) is 35.3. The van der Waals surface area contributed by atoms with Gasteiger partial charge in [0.15, 0.2) is 0 Å². The van der Waals surface area contributed by atoms with E-state index in [0.29, 0.717) is 0 Å². The van der Waals surface area contributed by atoms with Gasteiger partial charge in [-0.1, -0.05) is 147 Å². The molecule has 0 saturated heterocycles. The number of rotatable bonds is 2. The Morgan fingerprint density at radius 3 is 1.72 bits per heavy atom. The fraction of sp³-hybridized carbons (Fsp3) is 0.0600. The molecule has 1 aliphatic heterocycles. The van der Waals surface area contributed by atoms with Crippen LogP contribution in [0.3, 0.4) is 0 Å². The second kappa shape index (κ2) is 11.1. The van der Waals surface area contributed by atoms with Crippen LogP contribution in [0.15, 0.2) is 175 Å². The fourth-order valence-corrected chi connectivity index (χ4v) is 9.01. The molecule has 53 heavy (non-hydrogen) atoms. The van der Waals surface area contributed by atoms with Gasteiger partial charge in [-0.3, -0.25) is 4.57 Å². The van der Waals surface area contributed by atoms with Gasteiger partial charge in [0.1, 0.15) is 0 Å². The van der Waals surface area contributed by atoms with Crippen molar-refractivity contribution in [1.29, 1.82) is 0 Å². The Labute approximate surface area is 307 Å². The molecule has 0 bridgehead atoms. The lowest BCUT2D eigenvalue weighted by Crippen LogP contribution is -2.26. The summed E-state index contributed by atoms with van der Waals surface area (Å²) >= 11 is 0. The van der Waals surface area contributed by atoms with Crippen LogP contribution in [0.4, 0.5) is 0 Å². The number of nitrogens with zero attached hydrogens (tertiary/aromatic N) is 2. The van der Waals surface area contributed by atoms with Crippen LogP contribution < -0.4 is 5.32 Å². The summed E-state index contributed by atoms with van der Waals surface area (Å²) < 4.78 is 2.37. The molecular weight excluding hydrogens is 643 g/mol. The third kappa shape index (κ3) is 4.37. The van der Waals surface area contributed by atoms with Gasteiger partial charge in [-0.05, 0) is 96.0 Å². The van der Waals surface area contributed by atoms with E-state index in [0.717, 1.165) is 39.4 Å². The third-order valence-corrected chi connectivity index (χ3v) is 11.6. The maximum Gasteiger partial charge on any atom is 0.212 e. The lowest BCUT2D eigenvalue weighted by atomic mass is 9.82. The number of aliphatic imine (C=N–C) groups is 1. The zero-order valence-electron chi connectivity index (χ0n) is 29.6. The summed E-state index contributed by atoms with van der Waals surface area (Å²) in [4.78, 5) is 5.50. The first-order chi connectivity index (χ1) is 26.0. The van der Waals surface area contributed by atoms with Gasteiger partial charge in [-0.15, -0.1) is 0 Å². The maximum absolute atomic E-state index is 5.50. The van der Waals surface area contributed by atoms with Crippen LogP contribution in [-0.2, 0) is 5.41 Å². The van der Waals surface area contributed by atoms with Crippen LogP contribution in [-0.4, -0.2) is 10.5 Å². The number of benzene rings is 8. The van der Waals surface area contributed by atoms with Crippen LogP contribution in [0.5, 0.6) is 0 Å². The largest absolute Gasteiger partial charge is 0.331 e. The number of aromatic nitrogens is 1. The van der Waals surface area contributed by atoms with Crippen LogP contribution in [0.25, 0.3) is 76.5 Å². The molecule has 0 radical (unpaired) electrons. The van der Waals surface area contributed by atoms with E-state index in [2.05, 4.69) is 194 Å². The van der Waals surface area contributed by atoms with E-state index in [1.165, 1.54) is 65.3 Å². The summed E-state index contributed by atoms with van der Waals surface area (Å²) in [6.07, 6.45) is 4.31. The van der Waals surface area contributed by atoms with E-state index in [1.807, 2.05) is 0 Å². The molecule has 9 aromatic rings. The average Bonchev–Trinajstić information content (AvgIpc) is 3.51. The number of fused-ring (bicyclic) bond motifs is 12. The van der Waals surface area contributed by atoms with Crippen molar-refractivity contribution in [2.75, 3.05) is 0 Å². The summed E-state index contributed by atoms with van der Waals surface area (Å²) in [6.45, 7) is 4.71. The Morgan fingerprint density at radius 1 is 0.472 bits per heavy atom. The number of allylic oxidation sites excluding steroid dienone is 2. The summed E-state index contributed by atoms with van der Waals surface area (Å²) in [5.74, 6) is 0.767. The highest BCUT2D eigenvalue weighted by atomic mass is 15.2. The quantitative estimate of drug-likeness (QED) is 0.181. The van der Waals surface area contributed by atoms with E-state index in [1.54, 1.807) is 0 Å². The molecule has 2 aliphatic rings. The molecule has 0 unspecified atom stereocenters. The highest BCUT2D eigenvalue weighted by Crippen LogP contribution is 2.51. The Balaban J connectivity index is 1.28. The van der Waals surface area contributed by atoms with Gasteiger partial charge in [0, 0.05) is 28.0 Å². The molecule has 11 rings (SSSR count). The van der Waals surface area contributed by atoms with Crippen molar-refractivity contribution in [2.24, 2.45) is 4.99 Å². The zero-order valence-corrected chi connectivity index (χ0v) is 29.6. The average molecular weight is 678 g/mol. The van der Waals surface area contributed by atoms with Gasteiger partial charge in [0.05, 0.1) is 16.7 Å². The van der Waals surface area contributed by atoms with E-state index >= 15 is 0 Å². The van der Waals surface area contributed by atoms with Crippen LogP contribution in [0, 0.1) is 0 Å². The number of hydrogen-bond acceptors (Lipinski definition) is 2. The van der Waals surface area contributed by atoms with Crippen molar-refractivity contribution < 1.29 is 0 Å². The first-order valence-electron chi connectivity index (χ1n) is 18.4. The highest BCUT2D eigenvalue weighted by Gasteiger charge is 2.36. The molecule has 3 heteroatoms. The smallest absolute Gasteiger partial charge is 0.212 e. The molecule has 8 aromatic carbocycles. The first kappa shape index (κ1) is 30.0. The second-order valence-electron chi connectivity index (χ2n) is 14.9. The number of nitrogens with one attached hydrogen (secondary N) is 1. The Hall–Kier alpha value is -6.71. The lowest BCUT2D eigenvalue weighted by Gasteiger charge is -2.21. The molecular formula is C50H35N3. The van der Waals surface area contributed by atoms with Gasteiger partial charge < -0.3 is 5.32 Å². The molecule has 0 amide bonds. The summed E-state index contributed by atoms with van der Waals surface area (Å²) in [7, 11) is 0. The fourth-order valence-electron chi connectivity index (χ4n) is 9.01. The molecule has 3 nitrogen and oxygen atoms in total. The van der Waals surface area contributed by atoms with Crippen LogP contribution in [0.2, 0.25) is 0 Å². The number of hydrogen-bond donors (Lipinski definition) is 1. The van der Waals surface area contributed by atoms with Gasteiger partial charge in [0.25, 0.3) is 0 Å². The third-order valence-electron chi connectivity index (χ3n) is 11.6. The molecule has 0 saturated carbocycles. The predicted molar refractivity (Wildman–Crippen MR) is 224 cm³/mol. The van der Waals surface area contributed by atoms with Crippen molar-refractivity contribution in [2.45, 2.75) is 19.3 Å².